The van der Waals surface area contributed by atoms with Gasteiger partial charge in [-0.3, -0.25) is 20.4 Å². The van der Waals surface area contributed by atoms with Crippen molar-refractivity contribution in [3.63, 3.8) is 0 Å². The maximum atomic E-state index is 13.0. The Balaban J connectivity index is 2.01. The van der Waals surface area contributed by atoms with Crippen LogP contribution in [-0.4, -0.2) is 11.8 Å². The first-order valence-corrected chi connectivity index (χ1v) is 8.95. The molecular weight excluding hydrogens is 369 g/mol. The molecule has 0 radical (unpaired) electrons. The third-order valence-electron chi connectivity index (χ3n) is 4.29. The summed E-state index contributed by atoms with van der Waals surface area (Å²) < 4.78 is 39.0. The Morgan fingerprint density at radius 1 is 0.929 bits per heavy atom. The average Bonchev–Trinajstić information content (AvgIpc) is 2.64. The van der Waals surface area contributed by atoms with Crippen LogP contribution in [0.15, 0.2) is 48.5 Å². The second-order valence-electron chi connectivity index (χ2n) is 7.05. The number of alkyl halides is 3. The second-order valence-corrected chi connectivity index (χ2v) is 7.05. The highest BCUT2D eigenvalue weighted by Crippen LogP contribution is 2.31. The molecule has 0 aliphatic heterocycles. The van der Waals surface area contributed by atoms with E-state index in [1.165, 1.54) is 12.1 Å². The summed E-state index contributed by atoms with van der Waals surface area (Å²) in [5.74, 6) is -1.61. The summed E-state index contributed by atoms with van der Waals surface area (Å²) in [7, 11) is 0. The minimum atomic E-state index is -4.66. The van der Waals surface area contributed by atoms with Gasteiger partial charge in [-0.1, -0.05) is 50.2 Å². The van der Waals surface area contributed by atoms with E-state index in [9.17, 15) is 22.8 Å². The Labute approximate surface area is 162 Å². The van der Waals surface area contributed by atoms with Crippen LogP contribution in [0.4, 0.5) is 13.2 Å². The standard InChI is InChI=1S/C21H23F3N2O2/c1-13(2)12-15-8-10-16(11-9-15)14(3)19(27)25-26-20(28)17-6-4-5-7-18(17)21(22,23)24/h4-11,13-14H,12H2,1-3H3,(H,25,27)(H,26,28)/t14-/m1/s1. The summed E-state index contributed by atoms with van der Waals surface area (Å²) in [6.45, 7) is 5.88. The lowest BCUT2D eigenvalue weighted by atomic mass is 9.96. The zero-order valence-electron chi connectivity index (χ0n) is 15.9. The maximum Gasteiger partial charge on any atom is 0.417 e. The van der Waals surface area contributed by atoms with Crippen molar-refractivity contribution in [2.75, 3.05) is 0 Å². The SMILES string of the molecule is CC(C)Cc1ccc([C@@H](C)C(=O)NNC(=O)c2ccccc2C(F)(F)F)cc1. The zero-order valence-corrected chi connectivity index (χ0v) is 15.9. The van der Waals surface area contributed by atoms with Gasteiger partial charge in [0.25, 0.3) is 5.91 Å². The Hall–Kier alpha value is -2.83. The number of amides is 2. The summed E-state index contributed by atoms with van der Waals surface area (Å²) in [4.78, 5) is 24.4. The molecular formula is C21H23F3N2O2. The van der Waals surface area contributed by atoms with Crippen LogP contribution >= 0.6 is 0 Å². The molecule has 4 nitrogen and oxygen atoms in total. The summed E-state index contributed by atoms with van der Waals surface area (Å²) in [5.41, 5.74) is 4.55. The number of hydrazine groups is 1. The van der Waals surface area contributed by atoms with Crippen LogP contribution < -0.4 is 10.9 Å². The predicted octanol–water partition coefficient (Wildman–Crippen LogP) is 4.47. The molecule has 0 spiro atoms. The molecule has 28 heavy (non-hydrogen) atoms. The van der Waals surface area contributed by atoms with Crippen molar-refractivity contribution in [3.05, 3.63) is 70.8 Å². The maximum absolute atomic E-state index is 13.0. The number of rotatable bonds is 5. The molecule has 0 aliphatic carbocycles. The number of hydrogen-bond donors (Lipinski definition) is 2. The number of benzene rings is 2. The molecule has 7 heteroatoms. The fourth-order valence-electron chi connectivity index (χ4n) is 2.79. The number of halogens is 3. The molecule has 0 saturated carbocycles. The molecule has 2 amide bonds. The highest BCUT2D eigenvalue weighted by atomic mass is 19.4. The minimum absolute atomic E-state index is 0.515. The second kappa shape index (κ2) is 8.91. The van der Waals surface area contributed by atoms with Gasteiger partial charge in [0.1, 0.15) is 0 Å². The molecule has 0 aliphatic rings. The van der Waals surface area contributed by atoms with Crippen LogP contribution in [0.2, 0.25) is 0 Å². The van der Waals surface area contributed by atoms with Gasteiger partial charge in [0.15, 0.2) is 0 Å². The van der Waals surface area contributed by atoms with Gasteiger partial charge < -0.3 is 0 Å². The van der Waals surface area contributed by atoms with E-state index >= 15 is 0 Å². The van der Waals surface area contributed by atoms with Crippen LogP contribution in [0, 0.1) is 5.92 Å². The largest absolute Gasteiger partial charge is 0.417 e. The van der Waals surface area contributed by atoms with Crippen molar-refractivity contribution < 1.29 is 22.8 Å². The van der Waals surface area contributed by atoms with Gasteiger partial charge in [-0.25, -0.2) is 0 Å². The molecule has 0 unspecified atom stereocenters. The molecule has 0 aromatic heterocycles. The van der Waals surface area contributed by atoms with Crippen molar-refractivity contribution in [2.45, 2.75) is 39.3 Å². The average molecular weight is 392 g/mol. The highest BCUT2D eigenvalue weighted by molar-refractivity contribution is 5.97. The number of hydrogen-bond acceptors (Lipinski definition) is 2. The smallest absolute Gasteiger partial charge is 0.273 e. The molecule has 0 fully saturated rings. The first kappa shape index (κ1) is 21.5. The summed E-state index contributed by atoms with van der Waals surface area (Å²) in [6.07, 6.45) is -3.74. The number of carbonyl (C=O) groups excluding carboxylic acids is 2. The lowest BCUT2D eigenvalue weighted by Gasteiger charge is -2.16. The third kappa shape index (κ3) is 5.58. The van der Waals surface area contributed by atoms with E-state index in [-0.39, 0.29) is 0 Å². The van der Waals surface area contributed by atoms with Gasteiger partial charge in [-0.15, -0.1) is 0 Å². The molecule has 2 rings (SSSR count). The molecule has 0 bridgehead atoms. The van der Waals surface area contributed by atoms with E-state index in [4.69, 9.17) is 0 Å². The molecule has 0 saturated heterocycles. The van der Waals surface area contributed by atoms with Crippen LogP contribution in [0.5, 0.6) is 0 Å². The van der Waals surface area contributed by atoms with Gasteiger partial charge in [-0.05, 0) is 42.5 Å². The van der Waals surface area contributed by atoms with Gasteiger partial charge in [0.05, 0.1) is 17.0 Å². The van der Waals surface area contributed by atoms with E-state index in [2.05, 4.69) is 24.7 Å². The fraction of sp³-hybridized carbons (Fsp3) is 0.333. The summed E-state index contributed by atoms with van der Waals surface area (Å²) >= 11 is 0. The Kier molecular flexibility index (Phi) is 6.83. The topological polar surface area (TPSA) is 58.2 Å². The van der Waals surface area contributed by atoms with Gasteiger partial charge in [-0.2, -0.15) is 13.2 Å². The molecule has 150 valence electrons. The zero-order chi connectivity index (χ0) is 20.9. The molecule has 2 aromatic carbocycles. The number of nitrogens with one attached hydrogen (secondary N) is 2. The minimum Gasteiger partial charge on any atom is -0.273 e. The van der Waals surface area contributed by atoms with Crippen molar-refractivity contribution in [3.8, 4) is 0 Å². The van der Waals surface area contributed by atoms with E-state index in [1.807, 2.05) is 24.3 Å². The Morgan fingerprint density at radius 2 is 1.54 bits per heavy atom. The third-order valence-corrected chi connectivity index (χ3v) is 4.29. The molecule has 2 N–H and O–H groups in total. The quantitative estimate of drug-likeness (QED) is 0.738. The number of carbonyl (C=O) groups is 2. The van der Waals surface area contributed by atoms with Crippen molar-refractivity contribution >= 4 is 11.8 Å². The first-order chi connectivity index (χ1) is 13.1. The van der Waals surface area contributed by atoms with Crippen molar-refractivity contribution in [1.82, 2.24) is 10.9 Å². The van der Waals surface area contributed by atoms with Gasteiger partial charge in [0.2, 0.25) is 5.91 Å². The lowest BCUT2D eigenvalue weighted by Crippen LogP contribution is -2.44. The van der Waals surface area contributed by atoms with Crippen LogP contribution in [0.1, 0.15) is 53.7 Å². The van der Waals surface area contributed by atoms with Crippen LogP contribution in [0.25, 0.3) is 0 Å². The normalized spacial score (nSPS) is 12.5. The Morgan fingerprint density at radius 3 is 2.11 bits per heavy atom. The molecule has 0 heterocycles. The van der Waals surface area contributed by atoms with E-state index in [1.54, 1.807) is 6.92 Å². The lowest BCUT2D eigenvalue weighted by molar-refractivity contribution is -0.137. The van der Waals surface area contributed by atoms with E-state index < -0.39 is 35.0 Å². The van der Waals surface area contributed by atoms with Gasteiger partial charge in [0, 0.05) is 0 Å². The first-order valence-electron chi connectivity index (χ1n) is 8.95. The van der Waals surface area contributed by atoms with Gasteiger partial charge >= 0.3 is 6.18 Å². The molecule has 2 aromatic rings. The summed E-state index contributed by atoms with van der Waals surface area (Å²) in [6, 6.07) is 12.0. The van der Waals surface area contributed by atoms with Crippen molar-refractivity contribution in [2.24, 2.45) is 5.92 Å². The Bertz CT molecular complexity index is 830. The highest BCUT2D eigenvalue weighted by Gasteiger charge is 2.35. The predicted molar refractivity (Wildman–Crippen MR) is 100 cm³/mol. The van der Waals surface area contributed by atoms with Crippen LogP contribution in [0.3, 0.4) is 0 Å². The molecule has 1 atom stereocenters. The van der Waals surface area contributed by atoms with Crippen molar-refractivity contribution in [1.29, 1.82) is 0 Å². The van der Waals surface area contributed by atoms with E-state index in [0.717, 1.165) is 29.7 Å². The van der Waals surface area contributed by atoms with E-state index in [0.29, 0.717) is 5.92 Å². The monoisotopic (exact) mass is 392 g/mol. The fourth-order valence-corrected chi connectivity index (χ4v) is 2.79. The summed E-state index contributed by atoms with van der Waals surface area (Å²) in [5, 5.41) is 0. The van der Waals surface area contributed by atoms with Crippen LogP contribution in [-0.2, 0) is 17.4 Å².